The summed E-state index contributed by atoms with van der Waals surface area (Å²) in [6.07, 6.45) is 2.63. The van der Waals surface area contributed by atoms with Crippen molar-refractivity contribution in [3.63, 3.8) is 0 Å². The Balaban J connectivity index is 2.10. The smallest absolute Gasteiger partial charge is 0.220 e. The number of nitrogens with one attached hydrogen (secondary N) is 1. The van der Waals surface area contributed by atoms with Gasteiger partial charge in [-0.15, -0.1) is 0 Å². The fourth-order valence-corrected chi connectivity index (χ4v) is 2.23. The van der Waals surface area contributed by atoms with Crippen LogP contribution in [0, 0.1) is 6.92 Å². The number of rotatable bonds is 6. The van der Waals surface area contributed by atoms with E-state index in [1.807, 2.05) is 19.1 Å². The van der Waals surface area contributed by atoms with E-state index < -0.39 is 0 Å². The van der Waals surface area contributed by atoms with Crippen molar-refractivity contribution in [3.8, 4) is 5.75 Å². The molecule has 4 heteroatoms. The highest BCUT2D eigenvalue weighted by Gasteiger charge is 2.25. The predicted molar refractivity (Wildman–Crippen MR) is 75.3 cm³/mol. The van der Waals surface area contributed by atoms with Gasteiger partial charge in [-0.2, -0.15) is 0 Å². The van der Waals surface area contributed by atoms with E-state index in [0.717, 1.165) is 29.7 Å². The van der Waals surface area contributed by atoms with Crippen molar-refractivity contribution in [2.75, 3.05) is 13.7 Å². The van der Waals surface area contributed by atoms with Gasteiger partial charge in [-0.05, 0) is 37.9 Å². The highest BCUT2D eigenvalue weighted by molar-refractivity contribution is 5.77. The molecular weight excluding hydrogens is 240 g/mol. The summed E-state index contributed by atoms with van der Waals surface area (Å²) >= 11 is 0. The maximum Gasteiger partial charge on any atom is 0.220 e. The van der Waals surface area contributed by atoms with E-state index in [1.54, 1.807) is 7.11 Å². The van der Waals surface area contributed by atoms with Gasteiger partial charge in [0.2, 0.25) is 5.91 Å². The quantitative estimate of drug-likeness (QED) is 0.820. The summed E-state index contributed by atoms with van der Waals surface area (Å²) in [5.41, 5.74) is 8.01. The average molecular weight is 262 g/mol. The van der Waals surface area contributed by atoms with Crippen molar-refractivity contribution >= 4 is 5.91 Å². The standard InChI is InChI=1S/C15H22N2O2/c1-10-3-6-14(19-2)13(7-10)11(9-16)8-15(18)17-12-4-5-12/h3,6-7,11-12H,4-5,8-9,16H2,1-2H3,(H,17,18). The number of hydrogen-bond donors (Lipinski definition) is 2. The molecule has 19 heavy (non-hydrogen) atoms. The van der Waals surface area contributed by atoms with E-state index in [2.05, 4.69) is 11.4 Å². The number of benzene rings is 1. The molecule has 1 atom stereocenters. The molecule has 1 aromatic carbocycles. The summed E-state index contributed by atoms with van der Waals surface area (Å²) in [5.74, 6) is 0.899. The topological polar surface area (TPSA) is 64.3 Å². The molecule has 0 aromatic heterocycles. The molecule has 1 aliphatic carbocycles. The molecule has 0 radical (unpaired) electrons. The second-order valence-electron chi connectivity index (χ2n) is 5.22. The molecule has 1 saturated carbocycles. The van der Waals surface area contributed by atoms with Crippen molar-refractivity contribution in [3.05, 3.63) is 29.3 Å². The number of carbonyl (C=O) groups excluding carboxylic acids is 1. The van der Waals surface area contributed by atoms with Crippen LogP contribution in [0.25, 0.3) is 0 Å². The van der Waals surface area contributed by atoms with Crippen LogP contribution in [0.15, 0.2) is 18.2 Å². The molecule has 0 spiro atoms. The summed E-state index contributed by atoms with van der Waals surface area (Å²) in [6, 6.07) is 6.39. The SMILES string of the molecule is COc1ccc(C)cc1C(CN)CC(=O)NC1CC1. The van der Waals surface area contributed by atoms with Gasteiger partial charge < -0.3 is 15.8 Å². The van der Waals surface area contributed by atoms with Crippen LogP contribution >= 0.6 is 0 Å². The van der Waals surface area contributed by atoms with Crippen LogP contribution in [0.5, 0.6) is 5.75 Å². The molecule has 4 nitrogen and oxygen atoms in total. The summed E-state index contributed by atoms with van der Waals surface area (Å²) < 4.78 is 5.37. The van der Waals surface area contributed by atoms with Crippen molar-refractivity contribution in [1.82, 2.24) is 5.32 Å². The van der Waals surface area contributed by atoms with Crippen LogP contribution in [0.3, 0.4) is 0 Å². The van der Waals surface area contributed by atoms with Gasteiger partial charge in [-0.25, -0.2) is 0 Å². The number of amides is 1. The van der Waals surface area contributed by atoms with Gasteiger partial charge in [-0.3, -0.25) is 4.79 Å². The number of methoxy groups -OCH3 is 1. The molecule has 3 N–H and O–H groups in total. The van der Waals surface area contributed by atoms with E-state index in [-0.39, 0.29) is 11.8 Å². The Bertz CT molecular complexity index is 455. The van der Waals surface area contributed by atoms with E-state index >= 15 is 0 Å². The highest BCUT2D eigenvalue weighted by atomic mass is 16.5. The summed E-state index contributed by atoms with van der Waals surface area (Å²) in [6.45, 7) is 2.47. The first kappa shape index (κ1) is 13.9. The van der Waals surface area contributed by atoms with E-state index in [4.69, 9.17) is 10.5 Å². The zero-order valence-corrected chi connectivity index (χ0v) is 11.6. The first-order valence-corrected chi connectivity index (χ1v) is 6.78. The molecule has 2 rings (SSSR count). The molecule has 0 aliphatic heterocycles. The lowest BCUT2D eigenvalue weighted by Crippen LogP contribution is -2.29. The fraction of sp³-hybridized carbons (Fsp3) is 0.533. The third kappa shape index (κ3) is 3.70. The first-order valence-electron chi connectivity index (χ1n) is 6.78. The largest absolute Gasteiger partial charge is 0.496 e. The van der Waals surface area contributed by atoms with Gasteiger partial charge in [0.25, 0.3) is 0 Å². The Morgan fingerprint density at radius 3 is 2.84 bits per heavy atom. The zero-order valence-electron chi connectivity index (χ0n) is 11.6. The van der Waals surface area contributed by atoms with Crippen LogP contribution in [0.4, 0.5) is 0 Å². The summed E-state index contributed by atoms with van der Waals surface area (Å²) in [5, 5.41) is 3.01. The number of carbonyl (C=O) groups is 1. The van der Waals surface area contributed by atoms with E-state index in [0.29, 0.717) is 19.0 Å². The molecule has 0 bridgehead atoms. The Morgan fingerprint density at radius 1 is 1.53 bits per heavy atom. The lowest BCUT2D eigenvalue weighted by molar-refractivity contribution is -0.121. The van der Waals surface area contributed by atoms with Gasteiger partial charge in [0.05, 0.1) is 7.11 Å². The van der Waals surface area contributed by atoms with Crippen molar-refractivity contribution in [2.24, 2.45) is 5.73 Å². The molecule has 1 unspecified atom stereocenters. The molecule has 1 fully saturated rings. The van der Waals surface area contributed by atoms with Gasteiger partial charge in [-0.1, -0.05) is 17.7 Å². The van der Waals surface area contributed by atoms with Crippen LogP contribution < -0.4 is 15.8 Å². The normalized spacial score (nSPS) is 15.9. The second kappa shape index (κ2) is 6.06. The minimum atomic E-state index is 0.00796. The number of aryl methyl sites for hydroxylation is 1. The second-order valence-corrected chi connectivity index (χ2v) is 5.22. The highest BCUT2D eigenvalue weighted by Crippen LogP contribution is 2.30. The predicted octanol–water partition coefficient (Wildman–Crippen LogP) is 1.71. The molecule has 1 aliphatic rings. The Labute approximate surface area is 114 Å². The van der Waals surface area contributed by atoms with Gasteiger partial charge in [0, 0.05) is 18.4 Å². The third-order valence-electron chi connectivity index (χ3n) is 3.48. The minimum absolute atomic E-state index is 0.00796. The molecule has 104 valence electrons. The number of ether oxygens (including phenoxy) is 1. The van der Waals surface area contributed by atoms with Gasteiger partial charge in [0.15, 0.2) is 0 Å². The summed E-state index contributed by atoms with van der Waals surface area (Å²) in [4.78, 5) is 11.9. The molecular formula is C15H22N2O2. The zero-order chi connectivity index (χ0) is 13.8. The number of nitrogens with two attached hydrogens (primary N) is 1. The van der Waals surface area contributed by atoms with Gasteiger partial charge in [0.1, 0.15) is 5.75 Å². The van der Waals surface area contributed by atoms with Crippen molar-refractivity contribution in [2.45, 2.75) is 38.1 Å². The Kier molecular flexibility index (Phi) is 4.43. The lowest BCUT2D eigenvalue weighted by atomic mass is 9.93. The molecule has 0 saturated heterocycles. The average Bonchev–Trinajstić information content (AvgIpc) is 3.19. The molecule has 0 heterocycles. The van der Waals surface area contributed by atoms with Gasteiger partial charge >= 0.3 is 0 Å². The van der Waals surface area contributed by atoms with Crippen LogP contribution in [0.1, 0.15) is 36.3 Å². The van der Waals surface area contributed by atoms with E-state index in [1.165, 1.54) is 0 Å². The van der Waals surface area contributed by atoms with E-state index in [9.17, 15) is 4.79 Å². The first-order chi connectivity index (χ1) is 9.13. The van der Waals surface area contributed by atoms with Crippen molar-refractivity contribution < 1.29 is 9.53 Å². The molecule has 1 aromatic rings. The van der Waals surface area contributed by atoms with Crippen LogP contribution in [-0.2, 0) is 4.79 Å². The van der Waals surface area contributed by atoms with Crippen molar-refractivity contribution in [1.29, 1.82) is 0 Å². The summed E-state index contributed by atoms with van der Waals surface area (Å²) in [7, 11) is 1.64. The Hall–Kier alpha value is -1.55. The van der Waals surface area contributed by atoms with Crippen LogP contribution in [-0.4, -0.2) is 25.6 Å². The fourth-order valence-electron chi connectivity index (χ4n) is 2.23. The maximum absolute atomic E-state index is 11.9. The Morgan fingerprint density at radius 2 is 2.26 bits per heavy atom. The van der Waals surface area contributed by atoms with Crippen LogP contribution in [0.2, 0.25) is 0 Å². The third-order valence-corrected chi connectivity index (χ3v) is 3.48. The molecule has 1 amide bonds. The minimum Gasteiger partial charge on any atom is -0.496 e. The lowest BCUT2D eigenvalue weighted by Gasteiger charge is -2.18. The number of hydrogen-bond acceptors (Lipinski definition) is 3. The monoisotopic (exact) mass is 262 g/mol. The maximum atomic E-state index is 11.9.